The molecule has 0 saturated carbocycles. The Bertz CT molecular complexity index is 455. The Hall–Kier alpha value is -1.54. The van der Waals surface area contributed by atoms with Crippen LogP contribution in [-0.2, 0) is 0 Å². The number of nitrogens with two attached hydrogens (primary N) is 1. The van der Waals surface area contributed by atoms with Gasteiger partial charge < -0.3 is 11.1 Å². The van der Waals surface area contributed by atoms with Crippen molar-refractivity contribution in [3.8, 4) is 0 Å². The highest BCUT2D eigenvalue weighted by Gasteiger charge is 2.04. The Kier molecular flexibility index (Phi) is 13.0. The Morgan fingerprint density at radius 2 is 1.83 bits per heavy atom. The minimum absolute atomic E-state index is 0.347. The van der Waals surface area contributed by atoms with Gasteiger partial charge in [-0.3, -0.25) is 0 Å². The third-order valence-electron chi connectivity index (χ3n) is 4.06. The SMILES string of the molecule is C=CC(C)/C=C(/C/C=C(\C)CCC(=C)C)C(=C)NCCCCCN. The second-order valence-corrected chi connectivity index (χ2v) is 6.75. The molecule has 0 radical (unpaired) electrons. The van der Waals surface area contributed by atoms with Crippen LogP contribution in [0, 0.1) is 5.92 Å². The van der Waals surface area contributed by atoms with Crippen LogP contribution in [-0.4, -0.2) is 13.1 Å². The van der Waals surface area contributed by atoms with Gasteiger partial charge in [-0.05, 0) is 64.0 Å². The number of nitrogens with one attached hydrogen (secondary N) is 1. The molecule has 0 aliphatic carbocycles. The highest BCUT2D eigenvalue weighted by atomic mass is 14.9. The molecule has 0 saturated heterocycles. The number of hydrogen-bond donors (Lipinski definition) is 2. The average Bonchev–Trinajstić information content (AvgIpc) is 2.55. The highest BCUT2D eigenvalue weighted by Crippen LogP contribution is 2.18. The summed E-state index contributed by atoms with van der Waals surface area (Å²) < 4.78 is 0. The van der Waals surface area contributed by atoms with Crippen molar-refractivity contribution in [2.75, 3.05) is 13.1 Å². The molecule has 0 aliphatic heterocycles. The van der Waals surface area contributed by atoms with E-state index in [0.29, 0.717) is 5.92 Å². The second-order valence-electron chi connectivity index (χ2n) is 6.75. The van der Waals surface area contributed by atoms with Crippen molar-refractivity contribution in [3.05, 3.63) is 60.4 Å². The van der Waals surface area contributed by atoms with Gasteiger partial charge in [0.2, 0.25) is 0 Å². The first kappa shape index (κ1) is 22.5. The Balaban J connectivity index is 4.65. The van der Waals surface area contributed by atoms with Gasteiger partial charge in [0.1, 0.15) is 0 Å². The molecule has 0 aliphatic rings. The molecule has 136 valence electrons. The van der Waals surface area contributed by atoms with Crippen molar-refractivity contribution in [3.63, 3.8) is 0 Å². The molecule has 0 aromatic rings. The van der Waals surface area contributed by atoms with E-state index in [1.165, 1.54) is 23.1 Å². The van der Waals surface area contributed by atoms with Crippen LogP contribution in [0.3, 0.4) is 0 Å². The van der Waals surface area contributed by atoms with Gasteiger partial charge in [0.05, 0.1) is 0 Å². The van der Waals surface area contributed by atoms with E-state index in [1.54, 1.807) is 0 Å². The summed E-state index contributed by atoms with van der Waals surface area (Å²) in [6.45, 7) is 20.2. The largest absolute Gasteiger partial charge is 0.385 e. The molecule has 1 atom stereocenters. The van der Waals surface area contributed by atoms with Crippen LogP contribution in [0.4, 0.5) is 0 Å². The molecule has 0 aromatic carbocycles. The molecule has 0 fully saturated rings. The number of hydrogen-bond acceptors (Lipinski definition) is 2. The van der Waals surface area contributed by atoms with Crippen LogP contribution in [0.5, 0.6) is 0 Å². The zero-order valence-corrected chi connectivity index (χ0v) is 16.2. The van der Waals surface area contributed by atoms with Crippen molar-refractivity contribution in [2.45, 2.75) is 59.3 Å². The van der Waals surface area contributed by atoms with E-state index in [1.807, 2.05) is 6.08 Å². The smallest absolute Gasteiger partial charge is 0.0299 e. The molecule has 2 heteroatoms. The van der Waals surface area contributed by atoms with Gasteiger partial charge in [-0.2, -0.15) is 0 Å². The summed E-state index contributed by atoms with van der Waals surface area (Å²) in [4.78, 5) is 0. The maximum absolute atomic E-state index is 5.53. The quantitative estimate of drug-likeness (QED) is 0.245. The highest BCUT2D eigenvalue weighted by molar-refractivity contribution is 5.31. The number of unbranched alkanes of at least 4 members (excludes halogenated alkanes) is 2. The molecule has 3 N–H and O–H groups in total. The van der Waals surface area contributed by atoms with Crippen molar-refractivity contribution in [1.82, 2.24) is 5.32 Å². The van der Waals surface area contributed by atoms with Crippen LogP contribution >= 0.6 is 0 Å². The molecular weight excluding hydrogens is 292 g/mol. The van der Waals surface area contributed by atoms with Gasteiger partial charge in [0, 0.05) is 12.2 Å². The lowest BCUT2D eigenvalue weighted by atomic mass is 10.00. The minimum atomic E-state index is 0.347. The maximum Gasteiger partial charge on any atom is 0.0299 e. The molecule has 0 amide bonds. The molecule has 0 spiro atoms. The lowest BCUT2D eigenvalue weighted by molar-refractivity contribution is 0.650. The molecule has 0 bridgehead atoms. The van der Waals surface area contributed by atoms with Gasteiger partial charge in [-0.25, -0.2) is 0 Å². The van der Waals surface area contributed by atoms with Crippen molar-refractivity contribution < 1.29 is 0 Å². The lowest BCUT2D eigenvalue weighted by Crippen LogP contribution is -2.16. The molecule has 0 rings (SSSR count). The lowest BCUT2D eigenvalue weighted by Gasteiger charge is -2.14. The van der Waals surface area contributed by atoms with E-state index >= 15 is 0 Å². The summed E-state index contributed by atoms with van der Waals surface area (Å²) in [5, 5.41) is 3.46. The topological polar surface area (TPSA) is 38.0 Å². The van der Waals surface area contributed by atoms with Crippen LogP contribution in [0.1, 0.15) is 59.3 Å². The van der Waals surface area contributed by atoms with E-state index in [2.05, 4.69) is 58.0 Å². The van der Waals surface area contributed by atoms with Crippen molar-refractivity contribution >= 4 is 0 Å². The molecule has 1 unspecified atom stereocenters. The van der Waals surface area contributed by atoms with Crippen LogP contribution in [0.2, 0.25) is 0 Å². The Morgan fingerprint density at radius 1 is 1.12 bits per heavy atom. The fourth-order valence-electron chi connectivity index (χ4n) is 2.27. The van der Waals surface area contributed by atoms with Gasteiger partial charge in [-0.15, -0.1) is 13.2 Å². The van der Waals surface area contributed by atoms with Crippen LogP contribution in [0.15, 0.2) is 60.4 Å². The van der Waals surface area contributed by atoms with Gasteiger partial charge in [0.15, 0.2) is 0 Å². The Morgan fingerprint density at radius 3 is 2.42 bits per heavy atom. The first-order valence-corrected chi connectivity index (χ1v) is 9.17. The van der Waals surface area contributed by atoms with E-state index in [-0.39, 0.29) is 0 Å². The second kappa shape index (κ2) is 13.9. The first-order valence-electron chi connectivity index (χ1n) is 9.17. The standard InChI is InChI=1S/C22H38N2/c1-7-19(4)17-22(14-13-20(5)12-11-18(2)3)21(6)24-16-10-8-9-15-23/h7,13,17,19,24H,1-2,6,8-12,14-16,23H2,3-5H3/b20-13+,22-17-. The molecule has 2 nitrogen and oxygen atoms in total. The summed E-state index contributed by atoms with van der Waals surface area (Å²) in [6.07, 6.45) is 13.0. The van der Waals surface area contributed by atoms with Gasteiger partial charge in [-0.1, -0.05) is 49.3 Å². The zero-order valence-electron chi connectivity index (χ0n) is 16.2. The summed E-state index contributed by atoms with van der Waals surface area (Å²) in [5.41, 5.74) is 10.5. The fourth-order valence-corrected chi connectivity index (χ4v) is 2.27. The van der Waals surface area contributed by atoms with Crippen LogP contribution < -0.4 is 11.1 Å². The average molecular weight is 331 g/mol. The van der Waals surface area contributed by atoms with E-state index in [4.69, 9.17) is 5.73 Å². The monoisotopic (exact) mass is 330 g/mol. The van der Waals surface area contributed by atoms with E-state index < -0.39 is 0 Å². The summed E-state index contributed by atoms with van der Waals surface area (Å²) in [7, 11) is 0. The van der Waals surface area contributed by atoms with Crippen LogP contribution in [0.25, 0.3) is 0 Å². The number of rotatable bonds is 14. The Labute approximate surface area is 150 Å². The van der Waals surface area contributed by atoms with Gasteiger partial charge in [0.25, 0.3) is 0 Å². The normalized spacial score (nSPS) is 13.5. The fraction of sp³-hybridized carbons (Fsp3) is 0.545. The molecule has 24 heavy (non-hydrogen) atoms. The van der Waals surface area contributed by atoms with Crippen molar-refractivity contribution in [2.24, 2.45) is 11.7 Å². The summed E-state index contributed by atoms with van der Waals surface area (Å²) in [5.74, 6) is 0.347. The minimum Gasteiger partial charge on any atom is -0.385 e. The summed E-state index contributed by atoms with van der Waals surface area (Å²) in [6, 6.07) is 0. The van der Waals surface area contributed by atoms with E-state index in [0.717, 1.165) is 50.9 Å². The van der Waals surface area contributed by atoms with Gasteiger partial charge >= 0.3 is 0 Å². The predicted octanol–water partition coefficient (Wildman–Crippen LogP) is 5.66. The third kappa shape index (κ3) is 12.0. The molecular formula is C22H38N2. The summed E-state index contributed by atoms with van der Waals surface area (Å²) >= 11 is 0. The van der Waals surface area contributed by atoms with Crippen molar-refractivity contribution in [1.29, 1.82) is 0 Å². The first-order chi connectivity index (χ1) is 11.4. The number of allylic oxidation sites excluding steroid dienone is 6. The third-order valence-corrected chi connectivity index (χ3v) is 4.06. The predicted molar refractivity (Wildman–Crippen MR) is 110 cm³/mol. The molecule has 0 aromatic heterocycles. The zero-order chi connectivity index (χ0) is 18.4. The van der Waals surface area contributed by atoms with E-state index in [9.17, 15) is 0 Å². The molecule has 0 heterocycles. The maximum atomic E-state index is 5.53.